The molecule has 0 amide bonds. The van der Waals surface area contributed by atoms with Gasteiger partial charge in [-0.25, -0.2) is 13.4 Å². The van der Waals surface area contributed by atoms with Crippen molar-refractivity contribution < 1.29 is 13.2 Å². The minimum Gasteiger partial charge on any atom is -0.494 e. The lowest BCUT2D eigenvalue weighted by Gasteiger charge is -2.25. The van der Waals surface area contributed by atoms with E-state index in [0.29, 0.717) is 13.2 Å². The number of thiazole rings is 1. The third kappa shape index (κ3) is 4.73. The molecule has 1 aliphatic rings. The molecule has 0 N–H and O–H groups in total. The number of benzene rings is 1. The second kappa shape index (κ2) is 8.46. The average molecular weight is 431 g/mol. The molecule has 29 heavy (non-hydrogen) atoms. The molecule has 3 heterocycles. The highest BCUT2D eigenvalue weighted by Gasteiger charge is 2.32. The summed E-state index contributed by atoms with van der Waals surface area (Å²) in [5.41, 5.74) is 2.55. The molecule has 152 valence electrons. The van der Waals surface area contributed by atoms with Gasteiger partial charge in [-0.1, -0.05) is 0 Å². The van der Waals surface area contributed by atoms with E-state index in [-0.39, 0.29) is 17.4 Å². The van der Waals surface area contributed by atoms with E-state index in [2.05, 4.69) is 14.5 Å². The fourth-order valence-electron chi connectivity index (χ4n) is 3.31. The summed E-state index contributed by atoms with van der Waals surface area (Å²) in [5, 5.41) is 2.02. The topological polar surface area (TPSA) is 86.4 Å². The Labute approximate surface area is 173 Å². The minimum atomic E-state index is -2.82. The van der Waals surface area contributed by atoms with Gasteiger partial charge in [-0.05, 0) is 43.5 Å². The number of hydrogen-bond donors (Lipinski definition) is 0. The van der Waals surface area contributed by atoms with Gasteiger partial charge in [-0.3, -0.25) is 9.97 Å². The Bertz CT molecular complexity index is 1120. The van der Waals surface area contributed by atoms with Crippen LogP contribution >= 0.6 is 11.3 Å². The van der Waals surface area contributed by atoms with E-state index in [4.69, 9.17) is 9.73 Å². The van der Waals surface area contributed by atoms with Crippen LogP contribution in [0.1, 0.15) is 13.3 Å². The number of aromatic nitrogens is 3. The quantitative estimate of drug-likeness (QED) is 0.575. The fourth-order valence-corrected chi connectivity index (χ4v) is 5.93. The third-order valence-corrected chi connectivity index (χ3v) is 7.56. The van der Waals surface area contributed by atoms with Crippen LogP contribution in [0.15, 0.2) is 53.2 Å². The van der Waals surface area contributed by atoms with Gasteiger partial charge in [0.2, 0.25) is 0 Å². The Morgan fingerprint density at radius 3 is 2.69 bits per heavy atom. The molecule has 7 nitrogen and oxygen atoms in total. The smallest absolute Gasteiger partial charge is 0.190 e. The second-order valence-electron chi connectivity index (χ2n) is 6.92. The summed E-state index contributed by atoms with van der Waals surface area (Å²) in [7, 11) is -2.82. The van der Waals surface area contributed by atoms with Crippen LogP contribution in [-0.4, -0.2) is 41.1 Å². The summed E-state index contributed by atoms with van der Waals surface area (Å²) in [6, 6.07) is 7.66. The summed E-state index contributed by atoms with van der Waals surface area (Å²) in [6.45, 7) is 3.26. The highest BCUT2D eigenvalue weighted by Crippen LogP contribution is 2.24. The van der Waals surface area contributed by atoms with E-state index in [0.717, 1.165) is 34.0 Å². The van der Waals surface area contributed by atoms with Crippen molar-refractivity contribution in [1.82, 2.24) is 14.5 Å². The van der Waals surface area contributed by atoms with Gasteiger partial charge < -0.3 is 9.30 Å². The standard InChI is InChI=1S/C20H22N4O3S2/c1-2-27-17-5-3-16(4-6-17)23-20-24(10-7-15-13-29(25,26)14-15)19(12-28-20)18-11-21-8-9-22-18/h3-6,8-9,11-12,15H,2,7,10,13-14H2,1H3. The maximum absolute atomic E-state index is 11.5. The lowest BCUT2D eigenvalue weighted by atomic mass is 10.1. The molecule has 0 atom stereocenters. The first-order valence-corrected chi connectivity index (χ1v) is 12.2. The van der Waals surface area contributed by atoms with Gasteiger partial charge in [0.15, 0.2) is 14.6 Å². The van der Waals surface area contributed by atoms with Crippen molar-refractivity contribution in [2.45, 2.75) is 19.9 Å². The molecule has 0 spiro atoms. The monoisotopic (exact) mass is 430 g/mol. The highest BCUT2D eigenvalue weighted by atomic mass is 32.2. The predicted octanol–water partition coefficient (Wildman–Crippen LogP) is 3.07. The molecule has 1 aliphatic heterocycles. The zero-order chi connectivity index (χ0) is 20.3. The number of rotatable bonds is 7. The van der Waals surface area contributed by atoms with Crippen molar-refractivity contribution in [2.75, 3.05) is 18.1 Å². The van der Waals surface area contributed by atoms with Crippen LogP contribution in [0.25, 0.3) is 11.4 Å². The molecule has 4 rings (SSSR count). The predicted molar refractivity (Wildman–Crippen MR) is 113 cm³/mol. The first-order chi connectivity index (χ1) is 14.0. The van der Waals surface area contributed by atoms with E-state index in [9.17, 15) is 8.42 Å². The Kier molecular flexibility index (Phi) is 5.77. The average Bonchev–Trinajstić information content (AvgIpc) is 3.09. The number of nitrogens with zero attached hydrogens (tertiary/aromatic N) is 4. The number of sulfone groups is 1. The Morgan fingerprint density at radius 1 is 1.24 bits per heavy atom. The molecule has 0 saturated carbocycles. The molecule has 1 saturated heterocycles. The van der Waals surface area contributed by atoms with E-state index in [1.165, 1.54) is 11.3 Å². The van der Waals surface area contributed by atoms with Crippen LogP contribution in [0, 0.1) is 5.92 Å². The summed E-state index contributed by atoms with van der Waals surface area (Å²) in [5.74, 6) is 1.59. The first-order valence-electron chi connectivity index (χ1n) is 9.47. The molecule has 1 aromatic carbocycles. The Balaban J connectivity index is 1.64. The van der Waals surface area contributed by atoms with Gasteiger partial charge in [0.1, 0.15) is 11.4 Å². The highest BCUT2D eigenvalue weighted by molar-refractivity contribution is 7.92. The van der Waals surface area contributed by atoms with Crippen molar-refractivity contribution in [1.29, 1.82) is 0 Å². The van der Waals surface area contributed by atoms with Gasteiger partial charge in [0.25, 0.3) is 0 Å². The third-order valence-electron chi connectivity index (χ3n) is 4.74. The molecule has 0 aliphatic carbocycles. The van der Waals surface area contributed by atoms with E-state index < -0.39 is 9.84 Å². The maximum atomic E-state index is 11.5. The van der Waals surface area contributed by atoms with Gasteiger partial charge in [0.05, 0.1) is 35.7 Å². The van der Waals surface area contributed by atoms with Crippen LogP contribution in [0.2, 0.25) is 0 Å². The Hall–Kier alpha value is -2.52. The fraction of sp³-hybridized carbons (Fsp3) is 0.350. The number of hydrogen-bond acceptors (Lipinski definition) is 7. The van der Waals surface area contributed by atoms with Crippen LogP contribution < -0.4 is 9.54 Å². The minimum absolute atomic E-state index is 0.209. The lowest BCUT2D eigenvalue weighted by Crippen LogP contribution is -2.37. The largest absolute Gasteiger partial charge is 0.494 e. The molecular weight excluding hydrogens is 408 g/mol. The molecule has 1 fully saturated rings. The summed E-state index contributed by atoms with van der Waals surface area (Å²) in [4.78, 5) is 14.2. The van der Waals surface area contributed by atoms with Crippen LogP contribution in [-0.2, 0) is 16.4 Å². The van der Waals surface area contributed by atoms with Crippen molar-refractivity contribution in [2.24, 2.45) is 10.9 Å². The molecular formula is C20H22N4O3S2. The summed E-state index contributed by atoms with van der Waals surface area (Å²) in [6.07, 6.45) is 5.83. The zero-order valence-electron chi connectivity index (χ0n) is 16.1. The van der Waals surface area contributed by atoms with Crippen molar-refractivity contribution in [3.8, 4) is 17.1 Å². The molecule has 3 aromatic rings. The normalized spacial score (nSPS) is 16.5. The maximum Gasteiger partial charge on any atom is 0.190 e. The molecule has 9 heteroatoms. The molecule has 0 radical (unpaired) electrons. The van der Waals surface area contributed by atoms with E-state index >= 15 is 0 Å². The van der Waals surface area contributed by atoms with E-state index in [1.54, 1.807) is 18.6 Å². The van der Waals surface area contributed by atoms with Crippen LogP contribution in [0.3, 0.4) is 0 Å². The van der Waals surface area contributed by atoms with Crippen molar-refractivity contribution in [3.63, 3.8) is 0 Å². The summed E-state index contributed by atoms with van der Waals surface area (Å²) >= 11 is 1.54. The Morgan fingerprint density at radius 2 is 2.03 bits per heavy atom. The SMILES string of the molecule is CCOc1ccc(N=c2scc(-c3cnccn3)n2CCC2CS(=O)(=O)C2)cc1. The lowest BCUT2D eigenvalue weighted by molar-refractivity contribution is 0.340. The first kappa shape index (κ1) is 19.8. The zero-order valence-corrected chi connectivity index (χ0v) is 17.7. The second-order valence-corrected chi connectivity index (χ2v) is 9.91. The van der Waals surface area contributed by atoms with E-state index in [1.807, 2.05) is 36.6 Å². The van der Waals surface area contributed by atoms with Crippen LogP contribution in [0.5, 0.6) is 5.75 Å². The number of ether oxygens (including phenoxy) is 1. The van der Waals surface area contributed by atoms with Gasteiger partial charge >= 0.3 is 0 Å². The van der Waals surface area contributed by atoms with Gasteiger partial charge in [-0.2, -0.15) is 0 Å². The molecule has 2 aromatic heterocycles. The summed E-state index contributed by atoms with van der Waals surface area (Å²) < 4.78 is 30.6. The van der Waals surface area contributed by atoms with Crippen molar-refractivity contribution in [3.05, 3.63) is 53.0 Å². The van der Waals surface area contributed by atoms with Crippen LogP contribution in [0.4, 0.5) is 5.69 Å². The molecule has 0 bridgehead atoms. The van der Waals surface area contributed by atoms with Gasteiger partial charge in [-0.15, -0.1) is 11.3 Å². The van der Waals surface area contributed by atoms with Crippen molar-refractivity contribution >= 4 is 26.9 Å². The van der Waals surface area contributed by atoms with Gasteiger partial charge in [0, 0.05) is 24.3 Å². The molecule has 0 unspecified atom stereocenters.